The highest BCUT2D eigenvalue weighted by Crippen LogP contribution is 2.26. The maximum Gasteiger partial charge on any atom is 0.348 e. The minimum Gasteiger partial charge on any atom is -0.392 e. The van der Waals surface area contributed by atoms with Crippen LogP contribution in [0.1, 0.15) is 11.3 Å². The molecule has 0 aliphatic heterocycles. The lowest BCUT2D eigenvalue weighted by molar-refractivity contribution is 0.282. The van der Waals surface area contributed by atoms with Gasteiger partial charge in [0.05, 0.1) is 6.61 Å². The summed E-state index contributed by atoms with van der Waals surface area (Å²) < 4.78 is 1.49. The molecule has 7 heteroatoms. The minimum absolute atomic E-state index is 0.00385. The lowest BCUT2D eigenvalue weighted by Gasteiger charge is -2.02. The van der Waals surface area contributed by atoms with E-state index < -0.39 is 0 Å². The van der Waals surface area contributed by atoms with E-state index in [1.54, 1.807) is 0 Å². The van der Waals surface area contributed by atoms with Gasteiger partial charge in [0.1, 0.15) is 0 Å². The average Bonchev–Trinajstić information content (AvgIpc) is 2.76. The van der Waals surface area contributed by atoms with Crippen molar-refractivity contribution in [3.8, 4) is 11.1 Å². The summed E-state index contributed by atoms with van der Waals surface area (Å²) in [5, 5.41) is 12.0. The molecule has 0 radical (unpaired) electrons. The van der Waals surface area contributed by atoms with Crippen molar-refractivity contribution in [2.75, 3.05) is 0 Å². The highest BCUT2D eigenvalue weighted by molar-refractivity contribution is 7.71. The van der Waals surface area contributed by atoms with Crippen LogP contribution in [0.2, 0.25) is 0 Å². The Morgan fingerprint density at radius 1 is 1.35 bits per heavy atom. The van der Waals surface area contributed by atoms with Crippen molar-refractivity contribution in [3.05, 3.63) is 50.8 Å². The molecule has 0 unspecified atom stereocenters. The van der Waals surface area contributed by atoms with E-state index in [-0.39, 0.29) is 17.1 Å². The molecular weight excluding hydrogens is 276 g/mol. The van der Waals surface area contributed by atoms with Crippen molar-refractivity contribution in [2.45, 2.75) is 13.5 Å². The van der Waals surface area contributed by atoms with Crippen molar-refractivity contribution in [1.29, 1.82) is 0 Å². The highest BCUT2D eigenvalue weighted by Gasteiger charge is 2.13. The van der Waals surface area contributed by atoms with Crippen LogP contribution in [0.4, 0.5) is 0 Å². The SMILES string of the molecule is Cc1[nH]n2c(=O)[nH]c(=S)nc2c1-c1ccc(CO)cc1. The van der Waals surface area contributed by atoms with Gasteiger partial charge in [-0.3, -0.25) is 10.1 Å². The third-order valence-corrected chi connectivity index (χ3v) is 3.33. The lowest BCUT2D eigenvalue weighted by atomic mass is 10.0. The average molecular weight is 288 g/mol. The standard InChI is InChI=1S/C13H12N4O2S/c1-7-10(9-4-2-8(6-18)3-5-9)11-14-12(20)15-13(19)17(11)16-7/h2-5,16,18H,6H2,1H3,(H,15,19,20). The molecule has 3 N–H and O–H groups in total. The Labute approximate surface area is 118 Å². The third-order valence-electron chi connectivity index (χ3n) is 3.14. The zero-order valence-electron chi connectivity index (χ0n) is 10.7. The van der Waals surface area contributed by atoms with E-state index in [0.717, 1.165) is 22.4 Å². The van der Waals surface area contributed by atoms with E-state index in [1.165, 1.54) is 4.52 Å². The van der Waals surface area contributed by atoms with Crippen LogP contribution in [-0.2, 0) is 6.61 Å². The number of aliphatic hydroxyl groups excluding tert-OH is 1. The second kappa shape index (κ2) is 4.69. The van der Waals surface area contributed by atoms with E-state index in [9.17, 15) is 4.79 Å². The topological polar surface area (TPSA) is 86.2 Å². The lowest BCUT2D eigenvalue weighted by Crippen LogP contribution is -2.18. The summed E-state index contributed by atoms with van der Waals surface area (Å²) >= 11 is 4.96. The smallest absolute Gasteiger partial charge is 0.348 e. The Morgan fingerprint density at radius 3 is 2.70 bits per heavy atom. The van der Waals surface area contributed by atoms with Gasteiger partial charge in [0, 0.05) is 11.3 Å². The van der Waals surface area contributed by atoms with Gasteiger partial charge in [0.25, 0.3) is 0 Å². The first-order valence-corrected chi connectivity index (χ1v) is 6.43. The van der Waals surface area contributed by atoms with Gasteiger partial charge < -0.3 is 5.11 Å². The molecule has 0 amide bonds. The Morgan fingerprint density at radius 2 is 2.05 bits per heavy atom. The molecule has 2 heterocycles. The van der Waals surface area contributed by atoms with E-state index in [1.807, 2.05) is 31.2 Å². The normalized spacial score (nSPS) is 11.1. The van der Waals surface area contributed by atoms with Crippen LogP contribution in [-0.4, -0.2) is 24.7 Å². The Hall–Kier alpha value is -2.25. The molecule has 0 saturated carbocycles. The van der Waals surface area contributed by atoms with Gasteiger partial charge in [0.2, 0.25) is 4.77 Å². The predicted octanol–water partition coefficient (Wildman–Crippen LogP) is 1.55. The molecule has 2 aromatic heterocycles. The van der Waals surface area contributed by atoms with E-state index in [0.29, 0.717) is 5.65 Å². The number of nitrogens with one attached hydrogen (secondary N) is 2. The Bertz CT molecular complexity index is 889. The fourth-order valence-electron chi connectivity index (χ4n) is 2.20. The van der Waals surface area contributed by atoms with Crippen LogP contribution in [0, 0.1) is 11.7 Å². The first-order valence-electron chi connectivity index (χ1n) is 6.02. The van der Waals surface area contributed by atoms with Crippen molar-refractivity contribution in [3.63, 3.8) is 0 Å². The first-order chi connectivity index (χ1) is 9.60. The maximum atomic E-state index is 11.8. The number of H-pyrrole nitrogens is 2. The molecule has 6 nitrogen and oxygen atoms in total. The molecule has 3 rings (SSSR count). The molecule has 0 aliphatic rings. The molecule has 0 fully saturated rings. The van der Waals surface area contributed by atoms with Crippen LogP contribution < -0.4 is 5.69 Å². The summed E-state index contributed by atoms with van der Waals surface area (Å²) in [5.41, 5.74) is 3.53. The number of aromatic nitrogens is 4. The van der Waals surface area contributed by atoms with Gasteiger partial charge in [-0.25, -0.2) is 4.79 Å². The predicted molar refractivity (Wildman–Crippen MR) is 77.1 cm³/mol. The van der Waals surface area contributed by atoms with Crippen LogP contribution in [0.25, 0.3) is 16.8 Å². The number of aliphatic hydroxyl groups is 1. The molecule has 3 aromatic rings. The van der Waals surface area contributed by atoms with Gasteiger partial charge in [-0.15, -0.1) is 0 Å². The quantitative estimate of drug-likeness (QED) is 0.624. The Balaban J connectivity index is 2.32. The number of aromatic amines is 2. The van der Waals surface area contributed by atoms with E-state index in [2.05, 4.69) is 15.1 Å². The molecule has 0 aliphatic carbocycles. The Kier molecular flexibility index (Phi) is 3.00. The van der Waals surface area contributed by atoms with Gasteiger partial charge >= 0.3 is 5.69 Å². The molecule has 0 spiro atoms. The number of hydrogen-bond acceptors (Lipinski definition) is 4. The zero-order valence-corrected chi connectivity index (χ0v) is 11.5. The number of benzene rings is 1. The molecular formula is C13H12N4O2S. The number of nitrogens with zero attached hydrogens (tertiary/aromatic N) is 2. The molecule has 20 heavy (non-hydrogen) atoms. The zero-order chi connectivity index (χ0) is 14.3. The third kappa shape index (κ3) is 1.97. The summed E-state index contributed by atoms with van der Waals surface area (Å²) in [6, 6.07) is 7.43. The summed E-state index contributed by atoms with van der Waals surface area (Å²) in [7, 11) is 0. The molecule has 0 atom stereocenters. The summed E-state index contributed by atoms with van der Waals surface area (Å²) in [6.45, 7) is 1.86. The summed E-state index contributed by atoms with van der Waals surface area (Å²) in [4.78, 5) is 18.5. The van der Waals surface area contributed by atoms with Gasteiger partial charge in [-0.05, 0) is 30.3 Å². The van der Waals surface area contributed by atoms with Crippen LogP contribution in [0.3, 0.4) is 0 Å². The fourth-order valence-corrected chi connectivity index (χ4v) is 2.38. The minimum atomic E-state index is -0.346. The van der Waals surface area contributed by atoms with Crippen LogP contribution >= 0.6 is 12.2 Å². The summed E-state index contributed by atoms with van der Waals surface area (Å²) in [5.74, 6) is 0. The van der Waals surface area contributed by atoms with Crippen LogP contribution in [0.5, 0.6) is 0 Å². The first kappa shape index (κ1) is 12.8. The highest BCUT2D eigenvalue weighted by atomic mass is 32.1. The molecule has 0 saturated heterocycles. The number of rotatable bonds is 2. The molecule has 1 aromatic carbocycles. The van der Waals surface area contributed by atoms with Gasteiger partial charge in [-0.2, -0.15) is 9.50 Å². The summed E-state index contributed by atoms with van der Waals surface area (Å²) in [6.07, 6.45) is 0. The second-order valence-corrected chi connectivity index (χ2v) is 4.86. The largest absolute Gasteiger partial charge is 0.392 e. The second-order valence-electron chi connectivity index (χ2n) is 4.47. The monoisotopic (exact) mass is 288 g/mol. The van der Waals surface area contributed by atoms with Crippen LogP contribution in [0.15, 0.2) is 29.1 Å². The van der Waals surface area contributed by atoms with Crippen molar-refractivity contribution in [2.24, 2.45) is 0 Å². The maximum absolute atomic E-state index is 11.8. The molecule has 0 bridgehead atoms. The van der Waals surface area contributed by atoms with Gasteiger partial charge in [-0.1, -0.05) is 24.3 Å². The van der Waals surface area contributed by atoms with Crippen molar-refractivity contribution in [1.82, 2.24) is 19.6 Å². The van der Waals surface area contributed by atoms with Crippen molar-refractivity contribution < 1.29 is 5.11 Å². The van der Waals surface area contributed by atoms with E-state index in [4.69, 9.17) is 17.3 Å². The van der Waals surface area contributed by atoms with Crippen molar-refractivity contribution >= 4 is 17.9 Å². The molecule has 102 valence electrons. The number of aryl methyl sites for hydroxylation is 1. The fraction of sp³-hybridized carbons (Fsp3) is 0.154. The number of fused-ring (bicyclic) bond motifs is 1. The van der Waals surface area contributed by atoms with Gasteiger partial charge in [0.15, 0.2) is 5.65 Å². The van der Waals surface area contributed by atoms with E-state index >= 15 is 0 Å². The number of hydrogen-bond donors (Lipinski definition) is 3.